The van der Waals surface area contributed by atoms with Crippen molar-refractivity contribution >= 4 is 17.1 Å². The van der Waals surface area contributed by atoms with Crippen molar-refractivity contribution in [1.82, 2.24) is 4.90 Å². The normalized spacial score (nSPS) is 19.3. The van der Waals surface area contributed by atoms with Gasteiger partial charge in [0.1, 0.15) is 0 Å². The highest BCUT2D eigenvalue weighted by atomic mass is 32.1. The third-order valence-corrected chi connectivity index (χ3v) is 3.82. The minimum atomic E-state index is 0.272. The van der Waals surface area contributed by atoms with Crippen molar-refractivity contribution in [2.24, 2.45) is 0 Å². The van der Waals surface area contributed by atoms with Crippen molar-refractivity contribution in [3.8, 4) is 0 Å². The number of likely N-dealkylation sites (tertiary alicyclic amines) is 1. The summed E-state index contributed by atoms with van der Waals surface area (Å²) in [6.07, 6.45) is 4.19. The molecule has 0 N–H and O–H groups in total. The third-order valence-electron chi connectivity index (χ3n) is 2.91. The summed E-state index contributed by atoms with van der Waals surface area (Å²) in [4.78, 5) is 15.0. The average molecular weight is 222 g/mol. The summed E-state index contributed by atoms with van der Waals surface area (Å²) >= 11 is 1.54. The Morgan fingerprint density at radius 2 is 2.40 bits per heavy atom. The van der Waals surface area contributed by atoms with Gasteiger partial charge in [-0.25, -0.2) is 0 Å². The fraction of sp³-hybridized carbons (Fsp3) is 0.500. The van der Waals surface area contributed by atoms with Crippen molar-refractivity contribution in [3.05, 3.63) is 28.4 Å². The van der Waals surface area contributed by atoms with E-state index in [1.54, 1.807) is 0 Å². The molecular weight excluding hydrogens is 206 g/mol. The predicted molar refractivity (Wildman–Crippen MR) is 63.0 cm³/mol. The number of piperidine rings is 1. The summed E-state index contributed by atoms with van der Waals surface area (Å²) in [6.45, 7) is 1.10. The van der Waals surface area contributed by atoms with Crippen LogP contribution in [0.1, 0.15) is 35.4 Å². The van der Waals surface area contributed by atoms with Crippen LogP contribution in [0.25, 0.3) is 0 Å². The molecule has 1 aliphatic rings. The van der Waals surface area contributed by atoms with Crippen LogP contribution < -0.4 is 0 Å². The fourth-order valence-electron chi connectivity index (χ4n) is 1.96. The van der Waals surface area contributed by atoms with Gasteiger partial charge in [0.15, 0.2) is 5.78 Å². The lowest BCUT2D eigenvalue weighted by atomic mass is 9.98. The molecule has 1 fully saturated rings. The summed E-state index contributed by atoms with van der Waals surface area (Å²) in [5.41, 5.74) is 0. The molecule has 1 aromatic rings. The molecule has 3 heteroatoms. The number of thiophene rings is 1. The number of carbonyl (C=O) groups excluding carboxylic acids is 1. The highest BCUT2D eigenvalue weighted by Gasteiger charge is 2.23. The van der Waals surface area contributed by atoms with E-state index in [0.717, 1.165) is 17.8 Å². The van der Waals surface area contributed by atoms with Gasteiger partial charge < -0.3 is 0 Å². The zero-order valence-electron chi connectivity index (χ0n) is 9.03. The number of hydrogen-bond acceptors (Lipinski definition) is 3. The smallest absolute Gasteiger partial charge is 0.174 e. The molecule has 0 spiro atoms. The maximum atomic E-state index is 11.9. The van der Waals surface area contributed by atoms with E-state index in [1.807, 2.05) is 17.5 Å². The molecule has 0 amide bonds. The van der Waals surface area contributed by atoms with Crippen LogP contribution in [0.2, 0.25) is 0 Å². The molecule has 2 heterocycles. The maximum absolute atomic E-state index is 11.9. The highest BCUT2D eigenvalue weighted by Crippen LogP contribution is 2.26. The molecule has 2 nitrogen and oxygen atoms in total. The number of Topliss-reactive ketones (excluding diaryl/α,β-unsaturated/α-hetero) is 1. The van der Waals surface area contributed by atoms with Crippen LogP contribution in [-0.2, 0) is 0 Å². The minimum absolute atomic E-state index is 0.272. The summed E-state index contributed by atoms with van der Waals surface area (Å²) in [5.74, 6) is 0.272. The van der Waals surface area contributed by atoms with E-state index < -0.39 is 0 Å². The van der Waals surface area contributed by atoms with Gasteiger partial charge in [0.2, 0.25) is 0 Å². The first-order chi connectivity index (χ1) is 7.27. The second-order valence-corrected chi connectivity index (χ2v) is 4.97. The average Bonchev–Trinajstić information content (AvgIpc) is 2.74. The van der Waals surface area contributed by atoms with E-state index in [9.17, 15) is 4.79 Å². The van der Waals surface area contributed by atoms with Gasteiger partial charge in [-0.05, 0) is 37.9 Å². The molecule has 0 saturated carbocycles. The summed E-state index contributed by atoms with van der Waals surface area (Å²) in [6, 6.07) is 5.16. The van der Waals surface area contributed by atoms with Crippen LogP contribution in [0, 0.1) is 6.04 Å². The van der Waals surface area contributed by atoms with Crippen LogP contribution in [0.5, 0.6) is 0 Å². The van der Waals surface area contributed by atoms with Gasteiger partial charge in [0.25, 0.3) is 0 Å². The van der Waals surface area contributed by atoms with Crippen LogP contribution in [0.15, 0.2) is 17.5 Å². The Balaban J connectivity index is 1.93. The third kappa shape index (κ3) is 2.67. The van der Waals surface area contributed by atoms with Crippen LogP contribution in [0.3, 0.4) is 0 Å². The van der Waals surface area contributed by atoms with Crippen molar-refractivity contribution < 1.29 is 4.79 Å². The number of rotatable bonds is 3. The molecule has 0 aliphatic carbocycles. The monoisotopic (exact) mass is 222 g/mol. The lowest BCUT2D eigenvalue weighted by Gasteiger charge is -2.30. The van der Waals surface area contributed by atoms with E-state index >= 15 is 0 Å². The number of hydrogen-bond donors (Lipinski definition) is 0. The second-order valence-electron chi connectivity index (χ2n) is 4.02. The van der Waals surface area contributed by atoms with Crippen LogP contribution in [0.4, 0.5) is 0 Å². The molecule has 1 radical (unpaired) electrons. The molecule has 1 saturated heterocycles. The van der Waals surface area contributed by atoms with Gasteiger partial charge in [-0.3, -0.25) is 9.69 Å². The zero-order valence-corrected chi connectivity index (χ0v) is 9.85. The van der Waals surface area contributed by atoms with Gasteiger partial charge in [0.05, 0.1) is 4.88 Å². The molecule has 0 unspecified atom stereocenters. The fourth-order valence-corrected chi connectivity index (χ4v) is 2.62. The molecule has 0 atom stereocenters. The van der Waals surface area contributed by atoms with Crippen LogP contribution >= 0.6 is 11.3 Å². The van der Waals surface area contributed by atoms with E-state index in [4.69, 9.17) is 0 Å². The summed E-state index contributed by atoms with van der Waals surface area (Å²) < 4.78 is 0. The molecule has 1 aromatic heterocycles. The molecular formula is C12H16NOS. The Morgan fingerprint density at radius 1 is 1.53 bits per heavy atom. The van der Waals surface area contributed by atoms with E-state index in [2.05, 4.69) is 11.9 Å². The van der Waals surface area contributed by atoms with Gasteiger partial charge in [-0.15, -0.1) is 11.3 Å². The standard InChI is InChI=1S/C12H16NOS/c1-13-7-3-2-5-10(13)9-11(14)12-6-4-8-15-12/h4,6,8H,2-3,5,7,9H2,1H3. The first-order valence-corrected chi connectivity index (χ1v) is 6.28. The van der Waals surface area contributed by atoms with Crippen molar-refractivity contribution in [2.75, 3.05) is 13.6 Å². The molecule has 81 valence electrons. The van der Waals surface area contributed by atoms with Crippen molar-refractivity contribution in [1.29, 1.82) is 0 Å². The molecule has 0 bridgehead atoms. The first-order valence-electron chi connectivity index (χ1n) is 5.40. The topological polar surface area (TPSA) is 20.3 Å². The number of carbonyl (C=O) groups is 1. The summed E-state index contributed by atoms with van der Waals surface area (Å²) in [5, 5.41) is 1.96. The number of ketones is 1. The second kappa shape index (κ2) is 4.90. The predicted octanol–water partition coefficient (Wildman–Crippen LogP) is 2.97. The zero-order chi connectivity index (χ0) is 10.7. The maximum Gasteiger partial charge on any atom is 0.174 e. The lowest BCUT2D eigenvalue weighted by Crippen LogP contribution is -2.31. The molecule has 1 aliphatic heterocycles. The highest BCUT2D eigenvalue weighted by molar-refractivity contribution is 7.12. The minimum Gasteiger partial charge on any atom is -0.298 e. The van der Waals surface area contributed by atoms with Crippen LogP contribution in [-0.4, -0.2) is 24.3 Å². The molecule has 2 rings (SSSR count). The van der Waals surface area contributed by atoms with E-state index in [1.165, 1.54) is 30.2 Å². The Labute approximate surface area is 94.9 Å². The van der Waals surface area contributed by atoms with E-state index in [0.29, 0.717) is 6.42 Å². The van der Waals surface area contributed by atoms with E-state index in [-0.39, 0.29) is 5.78 Å². The lowest BCUT2D eigenvalue weighted by molar-refractivity contribution is 0.0966. The van der Waals surface area contributed by atoms with Gasteiger partial charge >= 0.3 is 0 Å². The van der Waals surface area contributed by atoms with Gasteiger partial charge in [-0.2, -0.15) is 0 Å². The Hall–Kier alpha value is -0.670. The summed E-state index contributed by atoms with van der Waals surface area (Å²) in [7, 11) is 2.09. The van der Waals surface area contributed by atoms with Crippen molar-refractivity contribution in [3.63, 3.8) is 0 Å². The Bertz CT molecular complexity index is 320. The molecule has 15 heavy (non-hydrogen) atoms. The number of nitrogens with zero attached hydrogens (tertiary/aromatic N) is 1. The Morgan fingerprint density at radius 3 is 3.07 bits per heavy atom. The van der Waals surface area contributed by atoms with Crippen molar-refractivity contribution in [2.45, 2.75) is 25.7 Å². The first kappa shape index (κ1) is 10.8. The largest absolute Gasteiger partial charge is 0.298 e. The van der Waals surface area contributed by atoms with Gasteiger partial charge in [-0.1, -0.05) is 12.5 Å². The van der Waals surface area contributed by atoms with Gasteiger partial charge in [0, 0.05) is 12.5 Å². The Kier molecular flexibility index (Phi) is 3.54. The SMILES string of the molecule is CN1CCCC[C]1CC(=O)c1cccs1. The molecule has 0 aromatic carbocycles. The quantitative estimate of drug-likeness (QED) is 0.733.